The Labute approximate surface area is 205 Å². The van der Waals surface area contributed by atoms with Crippen molar-refractivity contribution in [2.75, 3.05) is 46.8 Å². The van der Waals surface area contributed by atoms with E-state index in [2.05, 4.69) is 15.0 Å². The highest BCUT2D eigenvalue weighted by molar-refractivity contribution is 6.07. The quantitative estimate of drug-likeness (QED) is 0.338. The van der Waals surface area contributed by atoms with Crippen molar-refractivity contribution >= 4 is 28.8 Å². The number of carbonyl (C=O) groups is 2. The Morgan fingerprint density at radius 2 is 1.80 bits per heavy atom. The molecule has 2 aromatic carbocycles. The number of rotatable bonds is 5. The van der Waals surface area contributed by atoms with Crippen LogP contribution in [-0.4, -0.2) is 54.1 Å². The molecule has 0 bridgehead atoms. The maximum absolute atomic E-state index is 12.5. The first kappa shape index (κ1) is 25.6. The molecule has 1 heterocycles. The maximum Gasteiger partial charge on any atom is 0.251 e. The van der Waals surface area contributed by atoms with Gasteiger partial charge >= 0.3 is 0 Å². The van der Waals surface area contributed by atoms with Gasteiger partial charge in [0.15, 0.2) is 6.29 Å². The zero-order valence-corrected chi connectivity index (χ0v) is 21.0. The van der Waals surface area contributed by atoms with Gasteiger partial charge in [-0.3, -0.25) is 14.6 Å². The summed E-state index contributed by atoms with van der Waals surface area (Å²) < 4.78 is 10.5. The van der Waals surface area contributed by atoms with E-state index in [0.29, 0.717) is 34.6 Å². The molecule has 4 rings (SSSR count). The lowest BCUT2D eigenvalue weighted by atomic mass is 9.89. The van der Waals surface area contributed by atoms with Crippen LogP contribution in [0.5, 0.6) is 0 Å². The van der Waals surface area contributed by atoms with Crippen molar-refractivity contribution < 1.29 is 18.7 Å². The van der Waals surface area contributed by atoms with E-state index in [0.717, 1.165) is 33.8 Å². The molecule has 1 aliphatic heterocycles. The Morgan fingerprint density at radius 1 is 1.06 bits per heavy atom. The highest BCUT2D eigenvalue weighted by atomic mass is 16.4. The number of amides is 1. The average Bonchev–Trinajstić information content (AvgIpc) is 2.86. The first-order chi connectivity index (χ1) is 16.9. The van der Waals surface area contributed by atoms with E-state index in [1.807, 2.05) is 62.3 Å². The van der Waals surface area contributed by atoms with Crippen LogP contribution in [-0.2, 0) is 4.74 Å². The number of hydrogen-bond acceptors (Lipinski definition) is 6. The first-order valence-electron chi connectivity index (χ1n) is 11.3. The number of hydrogen-bond donors (Lipinski definition) is 1. The van der Waals surface area contributed by atoms with Crippen molar-refractivity contribution in [1.29, 1.82) is 0 Å². The Bertz CT molecular complexity index is 1390. The molecule has 7 heteroatoms. The second-order valence-electron chi connectivity index (χ2n) is 8.14. The van der Waals surface area contributed by atoms with Gasteiger partial charge in [0.05, 0.1) is 5.36 Å². The van der Waals surface area contributed by atoms with Gasteiger partial charge in [0, 0.05) is 87.4 Å². The Hall–Kier alpha value is -3.97. The van der Waals surface area contributed by atoms with Gasteiger partial charge in [-0.1, -0.05) is 6.07 Å². The van der Waals surface area contributed by atoms with E-state index < -0.39 is 0 Å². The highest BCUT2D eigenvalue weighted by Gasteiger charge is 2.21. The molecular formula is C28H31N3O4. The topological polar surface area (TPSA) is 84.1 Å². The Morgan fingerprint density at radius 3 is 2.43 bits per heavy atom. The molecule has 0 unspecified atom stereocenters. The fraction of sp³-hybridized carbons (Fsp3) is 0.250. The summed E-state index contributed by atoms with van der Waals surface area (Å²) in [5.74, 6) is 0.481. The van der Waals surface area contributed by atoms with Crippen molar-refractivity contribution in [2.45, 2.75) is 6.92 Å². The molecule has 1 N–H and O–H groups in total. The second kappa shape index (κ2) is 11.4. The van der Waals surface area contributed by atoms with Gasteiger partial charge in [-0.2, -0.15) is 0 Å². The first-order valence-corrected chi connectivity index (χ1v) is 11.3. The molecule has 1 amide bonds. The minimum atomic E-state index is -0.178. The van der Waals surface area contributed by atoms with Gasteiger partial charge in [-0.25, -0.2) is 0 Å². The van der Waals surface area contributed by atoms with E-state index >= 15 is 0 Å². The number of nitrogens with one attached hydrogen (secondary N) is 1. The van der Waals surface area contributed by atoms with E-state index in [-0.39, 0.29) is 5.91 Å². The molecule has 1 aliphatic carbocycles. The fourth-order valence-electron chi connectivity index (χ4n) is 3.85. The molecule has 0 saturated carbocycles. The maximum atomic E-state index is 12.5. The molecule has 7 nitrogen and oxygen atoms in total. The van der Waals surface area contributed by atoms with Crippen molar-refractivity contribution in [3.63, 3.8) is 0 Å². The third kappa shape index (κ3) is 5.41. The zero-order chi connectivity index (χ0) is 25.5. The SMILES string of the molecule is CCNC(=O)c1ccc(C=O)c(-c2c3ccc(=NC)cc-3oc3cc(N(C)C)ccc23)c1.COC. The summed E-state index contributed by atoms with van der Waals surface area (Å²) in [7, 11) is 8.92. The number of ether oxygens (including phenoxy) is 1. The summed E-state index contributed by atoms with van der Waals surface area (Å²) in [5, 5.41) is 4.48. The Kier molecular flexibility index (Phi) is 8.39. The summed E-state index contributed by atoms with van der Waals surface area (Å²) in [6.45, 7) is 2.40. The van der Waals surface area contributed by atoms with Crippen molar-refractivity contribution in [3.05, 3.63) is 71.1 Å². The largest absolute Gasteiger partial charge is 0.456 e. The molecular weight excluding hydrogens is 442 g/mol. The third-order valence-electron chi connectivity index (χ3n) is 5.51. The van der Waals surface area contributed by atoms with Crippen LogP contribution in [0, 0.1) is 0 Å². The smallest absolute Gasteiger partial charge is 0.251 e. The summed E-state index contributed by atoms with van der Waals surface area (Å²) in [6, 6.07) is 16.9. The summed E-state index contributed by atoms with van der Waals surface area (Å²) >= 11 is 0. The lowest BCUT2D eigenvalue weighted by Crippen LogP contribution is -2.22. The number of methoxy groups -OCH3 is 1. The molecule has 35 heavy (non-hydrogen) atoms. The van der Waals surface area contributed by atoms with Crippen molar-refractivity contribution in [2.24, 2.45) is 4.99 Å². The van der Waals surface area contributed by atoms with Gasteiger partial charge in [0.25, 0.3) is 5.91 Å². The van der Waals surface area contributed by atoms with Crippen molar-refractivity contribution in [3.8, 4) is 22.5 Å². The molecule has 0 atom stereocenters. The third-order valence-corrected chi connectivity index (χ3v) is 5.51. The average molecular weight is 474 g/mol. The zero-order valence-electron chi connectivity index (χ0n) is 21.0. The normalized spacial score (nSPS) is 11.2. The van der Waals surface area contributed by atoms with Crippen LogP contribution < -0.4 is 15.6 Å². The molecule has 0 radical (unpaired) electrons. The Balaban J connectivity index is 0.00000108. The lowest BCUT2D eigenvalue weighted by Gasteiger charge is -2.19. The van der Waals surface area contributed by atoms with Crippen LogP contribution in [0.4, 0.5) is 5.69 Å². The molecule has 2 aliphatic rings. The minimum Gasteiger partial charge on any atom is -0.456 e. The molecule has 2 aromatic rings. The second-order valence-corrected chi connectivity index (χ2v) is 8.14. The molecule has 0 spiro atoms. The summed E-state index contributed by atoms with van der Waals surface area (Å²) in [6.07, 6.45) is 0.822. The number of anilines is 1. The van der Waals surface area contributed by atoms with Gasteiger partial charge in [-0.05, 0) is 48.9 Å². The fourth-order valence-corrected chi connectivity index (χ4v) is 3.85. The highest BCUT2D eigenvalue weighted by Crippen LogP contribution is 2.42. The monoisotopic (exact) mass is 473 g/mol. The number of aldehydes is 1. The van der Waals surface area contributed by atoms with Crippen LogP contribution in [0.3, 0.4) is 0 Å². The molecule has 182 valence electrons. The van der Waals surface area contributed by atoms with E-state index in [1.165, 1.54) is 0 Å². The van der Waals surface area contributed by atoms with Crippen LogP contribution in [0.1, 0.15) is 27.6 Å². The standard InChI is InChI=1S/C26H25N3O3.C2H6O/c1-5-28-26(31)16-6-7-17(15-30)22(12-16)25-20-10-8-18(27-2)13-23(20)32-24-14-19(29(3)4)9-11-21(24)25;1-3-2/h6-15H,5H2,1-4H3,(H,28,31);1-2H3. The van der Waals surface area contributed by atoms with E-state index in [9.17, 15) is 9.59 Å². The van der Waals surface area contributed by atoms with Crippen LogP contribution in [0.25, 0.3) is 33.4 Å². The van der Waals surface area contributed by atoms with Gasteiger partial charge in [-0.15, -0.1) is 0 Å². The lowest BCUT2D eigenvalue weighted by molar-refractivity contribution is 0.0955. The predicted molar refractivity (Wildman–Crippen MR) is 140 cm³/mol. The van der Waals surface area contributed by atoms with E-state index in [1.54, 1.807) is 39.5 Å². The molecule has 0 fully saturated rings. The minimum absolute atomic E-state index is 0.178. The van der Waals surface area contributed by atoms with Crippen molar-refractivity contribution in [1.82, 2.24) is 5.32 Å². The van der Waals surface area contributed by atoms with Crippen LogP contribution >= 0.6 is 0 Å². The number of carbonyl (C=O) groups excluding carboxylic acids is 2. The molecule has 0 saturated heterocycles. The van der Waals surface area contributed by atoms with Gasteiger partial charge in [0.1, 0.15) is 11.3 Å². The van der Waals surface area contributed by atoms with Crippen LogP contribution in [0.2, 0.25) is 0 Å². The predicted octanol–water partition coefficient (Wildman–Crippen LogP) is 4.63. The van der Waals surface area contributed by atoms with E-state index in [4.69, 9.17) is 4.42 Å². The van der Waals surface area contributed by atoms with Gasteiger partial charge in [0.2, 0.25) is 0 Å². The number of benzene rings is 3. The summed E-state index contributed by atoms with van der Waals surface area (Å²) in [4.78, 5) is 30.8. The summed E-state index contributed by atoms with van der Waals surface area (Å²) in [5.41, 5.74) is 5.07. The van der Waals surface area contributed by atoms with Crippen LogP contribution in [0.15, 0.2) is 64.0 Å². The number of nitrogens with zero attached hydrogens (tertiary/aromatic N) is 2. The molecule has 0 aromatic heterocycles. The van der Waals surface area contributed by atoms with Gasteiger partial charge < -0.3 is 19.4 Å². The number of fused-ring (bicyclic) bond motifs is 2.